The lowest BCUT2D eigenvalue weighted by Gasteiger charge is -2.35. The van der Waals surface area contributed by atoms with Crippen LogP contribution < -0.4 is 5.32 Å². The van der Waals surface area contributed by atoms with Gasteiger partial charge in [0.15, 0.2) is 5.78 Å². The number of nitrogens with one attached hydrogen (secondary N) is 1. The Kier molecular flexibility index (Phi) is 4.44. The van der Waals surface area contributed by atoms with Crippen molar-refractivity contribution in [3.63, 3.8) is 0 Å². The molecule has 0 unspecified atom stereocenters. The van der Waals surface area contributed by atoms with Gasteiger partial charge in [-0.2, -0.15) is 0 Å². The maximum absolute atomic E-state index is 13.1. The number of aryl methyl sites for hydroxylation is 1. The second-order valence-electron chi connectivity index (χ2n) is 7.56. The summed E-state index contributed by atoms with van der Waals surface area (Å²) in [6, 6.07) is 18.3. The van der Waals surface area contributed by atoms with Crippen molar-refractivity contribution in [3.8, 4) is 10.6 Å². The van der Waals surface area contributed by atoms with Crippen LogP contribution in [0.5, 0.6) is 0 Å². The molecule has 0 amide bonds. The summed E-state index contributed by atoms with van der Waals surface area (Å²) in [5.41, 5.74) is 5.00. The van der Waals surface area contributed by atoms with Gasteiger partial charge in [0, 0.05) is 28.4 Å². The maximum atomic E-state index is 13.1. The second kappa shape index (κ2) is 6.78. The van der Waals surface area contributed by atoms with Gasteiger partial charge in [-0.15, -0.1) is 11.3 Å². The van der Waals surface area contributed by atoms with Gasteiger partial charge in [0.2, 0.25) is 0 Å². The summed E-state index contributed by atoms with van der Waals surface area (Å²) in [5, 5.41) is 4.41. The standard InChI is InChI=1S/C23H22N2OS/c1-15-21(27-22(24-15)16-9-5-4-6-10-16)20(26)13-19-18-12-8-7-11-17(18)14-23(2,3)25-19/h4-13,25H,14H2,1-3H3. The van der Waals surface area contributed by atoms with Gasteiger partial charge in [-0.25, -0.2) is 4.98 Å². The molecule has 0 fully saturated rings. The van der Waals surface area contributed by atoms with Crippen molar-refractivity contribution in [2.24, 2.45) is 0 Å². The number of hydrogen-bond acceptors (Lipinski definition) is 4. The summed E-state index contributed by atoms with van der Waals surface area (Å²) in [6.07, 6.45) is 2.67. The Hall–Kier alpha value is -2.72. The van der Waals surface area contributed by atoms with Crippen LogP contribution in [0.25, 0.3) is 16.3 Å². The number of aromatic nitrogens is 1. The summed E-state index contributed by atoms with van der Waals surface area (Å²) >= 11 is 1.46. The van der Waals surface area contributed by atoms with Gasteiger partial charge in [0.25, 0.3) is 0 Å². The molecule has 136 valence electrons. The molecule has 1 N–H and O–H groups in total. The summed E-state index contributed by atoms with van der Waals surface area (Å²) in [6.45, 7) is 6.22. The molecule has 4 rings (SSSR count). The van der Waals surface area contributed by atoms with Crippen molar-refractivity contribution in [1.29, 1.82) is 0 Å². The number of carbonyl (C=O) groups is 1. The van der Waals surface area contributed by atoms with E-state index in [-0.39, 0.29) is 11.3 Å². The highest BCUT2D eigenvalue weighted by Gasteiger charge is 2.28. The maximum Gasteiger partial charge on any atom is 0.199 e. The number of rotatable bonds is 3. The van der Waals surface area contributed by atoms with Crippen molar-refractivity contribution in [3.05, 3.63) is 82.4 Å². The van der Waals surface area contributed by atoms with Crippen molar-refractivity contribution in [1.82, 2.24) is 10.3 Å². The van der Waals surface area contributed by atoms with E-state index in [0.717, 1.165) is 33.9 Å². The molecule has 4 heteroatoms. The molecule has 0 radical (unpaired) electrons. The average Bonchev–Trinajstić information content (AvgIpc) is 3.03. The highest BCUT2D eigenvalue weighted by Crippen LogP contribution is 2.32. The van der Waals surface area contributed by atoms with Crippen LogP contribution in [0.1, 0.15) is 40.3 Å². The van der Waals surface area contributed by atoms with Crippen LogP contribution in [0.3, 0.4) is 0 Å². The number of benzene rings is 2. The molecular weight excluding hydrogens is 352 g/mol. The largest absolute Gasteiger partial charge is 0.379 e. The molecule has 1 aromatic heterocycles. The number of ketones is 1. The summed E-state index contributed by atoms with van der Waals surface area (Å²) in [4.78, 5) is 18.4. The van der Waals surface area contributed by atoms with E-state index in [9.17, 15) is 4.79 Å². The molecule has 3 nitrogen and oxygen atoms in total. The quantitative estimate of drug-likeness (QED) is 0.502. The zero-order valence-electron chi connectivity index (χ0n) is 15.7. The normalized spacial score (nSPS) is 16.6. The van der Waals surface area contributed by atoms with Gasteiger partial charge in [0.05, 0.1) is 10.6 Å². The molecule has 3 aromatic rings. The first-order chi connectivity index (χ1) is 12.9. The molecule has 1 aliphatic rings. The van der Waals surface area contributed by atoms with Gasteiger partial charge < -0.3 is 5.32 Å². The summed E-state index contributed by atoms with van der Waals surface area (Å²) in [5.74, 6) is 0.00202. The van der Waals surface area contributed by atoms with Crippen molar-refractivity contribution in [2.45, 2.75) is 32.7 Å². The molecule has 0 saturated heterocycles. The molecule has 2 heterocycles. The molecule has 0 bridgehead atoms. The highest BCUT2D eigenvalue weighted by molar-refractivity contribution is 7.17. The van der Waals surface area contributed by atoms with E-state index < -0.39 is 0 Å². The van der Waals surface area contributed by atoms with E-state index in [1.807, 2.05) is 43.3 Å². The first kappa shape index (κ1) is 17.7. The molecule has 0 aliphatic carbocycles. The third-order valence-corrected chi connectivity index (χ3v) is 5.95. The molecule has 27 heavy (non-hydrogen) atoms. The third kappa shape index (κ3) is 3.58. The first-order valence-corrected chi connectivity index (χ1v) is 9.90. The topological polar surface area (TPSA) is 42.0 Å². The second-order valence-corrected chi connectivity index (χ2v) is 8.56. The number of hydrogen-bond donors (Lipinski definition) is 1. The molecule has 2 aromatic carbocycles. The predicted octanol–water partition coefficient (Wildman–Crippen LogP) is 5.27. The fourth-order valence-electron chi connectivity index (χ4n) is 3.53. The Balaban J connectivity index is 1.71. The minimum atomic E-state index is -0.0849. The fraction of sp³-hybridized carbons (Fsp3) is 0.217. The lowest BCUT2D eigenvalue weighted by Crippen LogP contribution is -2.43. The number of fused-ring (bicyclic) bond motifs is 1. The van der Waals surface area contributed by atoms with E-state index in [1.165, 1.54) is 16.9 Å². The van der Waals surface area contributed by atoms with Crippen LogP contribution in [0.2, 0.25) is 0 Å². The van der Waals surface area contributed by atoms with Crippen LogP contribution in [0.4, 0.5) is 0 Å². The monoisotopic (exact) mass is 374 g/mol. The van der Waals surface area contributed by atoms with Crippen LogP contribution >= 0.6 is 11.3 Å². The van der Waals surface area contributed by atoms with E-state index in [4.69, 9.17) is 0 Å². The van der Waals surface area contributed by atoms with Gasteiger partial charge in [0.1, 0.15) is 5.01 Å². The van der Waals surface area contributed by atoms with Gasteiger partial charge in [-0.05, 0) is 32.8 Å². The minimum Gasteiger partial charge on any atom is -0.379 e. The third-order valence-electron chi connectivity index (χ3n) is 4.73. The minimum absolute atomic E-state index is 0.00202. The van der Waals surface area contributed by atoms with Gasteiger partial charge >= 0.3 is 0 Å². The summed E-state index contributed by atoms with van der Waals surface area (Å²) < 4.78 is 0. The zero-order valence-corrected chi connectivity index (χ0v) is 16.6. The number of nitrogens with zero attached hydrogens (tertiary/aromatic N) is 1. The fourth-order valence-corrected chi connectivity index (χ4v) is 4.51. The Morgan fingerprint density at radius 1 is 1.11 bits per heavy atom. The van der Waals surface area contributed by atoms with Gasteiger partial charge in [-0.3, -0.25) is 4.79 Å². The van der Waals surface area contributed by atoms with Crippen molar-refractivity contribution in [2.75, 3.05) is 0 Å². The Morgan fingerprint density at radius 2 is 1.81 bits per heavy atom. The highest BCUT2D eigenvalue weighted by atomic mass is 32.1. The smallest absolute Gasteiger partial charge is 0.199 e. The van der Waals surface area contributed by atoms with Crippen molar-refractivity contribution >= 4 is 22.8 Å². The molecule has 0 saturated carbocycles. The predicted molar refractivity (Wildman–Crippen MR) is 112 cm³/mol. The van der Waals surface area contributed by atoms with Crippen LogP contribution in [0, 0.1) is 6.92 Å². The molecular formula is C23H22N2OS. The molecule has 0 atom stereocenters. The van der Waals surface area contributed by atoms with E-state index in [0.29, 0.717) is 4.88 Å². The Labute approximate surface area is 163 Å². The Bertz CT molecular complexity index is 1030. The van der Waals surface area contributed by atoms with E-state index in [1.54, 1.807) is 6.08 Å². The molecule has 0 spiro atoms. The molecule has 1 aliphatic heterocycles. The van der Waals surface area contributed by atoms with Crippen LogP contribution in [0.15, 0.2) is 60.7 Å². The SMILES string of the molecule is Cc1nc(-c2ccccc2)sc1C(=O)C=C1NC(C)(C)Cc2ccccc21. The van der Waals surface area contributed by atoms with Crippen LogP contribution in [-0.2, 0) is 6.42 Å². The van der Waals surface area contributed by atoms with Crippen LogP contribution in [-0.4, -0.2) is 16.3 Å². The lowest BCUT2D eigenvalue weighted by atomic mass is 9.85. The Morgan fingerprint density at radius 3 is 2.59 bits per heavy atom. The average molecular weight is 375 g/mol. The number of thiazole rings is 1. The zero-order chi connectivity index (χ0) is 19.0. The van der Waals surface area contributed by atoms with E-state index >= 15 is 0 Å². The number of allylic oxidation sites excluding steroid dienone is 1. The first-order valence-electron chi connectivity index (χ1n) is 9.08. The number of carbonyl (C=O) groups excluding carboxylic acids is 1. The lowest BCUT2D eigenvalue weighted by molar-refractivity contribution is 0.105. The van der Waals surface area contributed by atoms with Gasteiger partial charge in [-0.1, -0.05) is 54.6 Å². The van der Waals surface area contributed by atoms with Crippen molar-refractivity contribution < 1.29 is 4.79 Å². The summed E-state index contributed by atoms with van der Waals surface area (Å²) in [7, 11) is 0. The van der Waals surface area contributed by atoms with E-state index in [2.05, 4.69) is 42.3 Å².